The minimum Gasteiger partial charge on any atom is -0.484 e. The largest absolute Gasteiger partial charge is 0.484 e. The lowest BCUT2D eigenvalue weighted by molar-refractivity contribution is -0.137. The number of benzene rings is 1. The van der Waals surface area contributed by atoms with Crippen LogP contribution in [-0.4, -0.2) is 55.2 Å². The van der Waals surface area contributed by atoms with Crippen molar-refractivity contribution in [2.24, 2.45) is 0 Å². The van der Waals surface area contributed by atoms with Gasteiger partial charge in [-0.15, -0.1) is 0 Å². The van der Waals surface area contributed by atoms with Crippen LogP contribution in [0.25, 0.3) is 11.4 Å². The molecule has 0 bridgehead atoms. The van der Waals surface area contributed by atoms with Gasteiger partial charge in [-0.2, -0.15) is 5.10 Å². The maximum atomic E-state index is 12.8. The Hall–Kier alpha value is -3.75. The van der Waals surface area contributed by atoms with Crippen LogP contribution >= 0.6 is 0 Å². The molecule has 1 unspecified atom stereocenters. The number of piperidine rings is 1. The third-order valence-corrected chi connectivity index (χ3v) is 4.99. The third kappa shape index (κ3) is 4.29. The highest BCUT2D eigenvalue weighted by Gasteiger charge is 2.30. The molecule has 1 aliphatic rings. The van der Waals surface area contributed by atoms with E-state index in [1.54, 1.807) is 4.90 Å². The first-order valence-corrected chi connectivity index (χ1v) is 9.70. The van der Waals surface area contributed by atoms with E-state index < -0.39 is 5.97 Å². The average Bonchev–Trinajstić information content (AvgIpc) is 3.28. The Kier molecular flexibility index (Phi) is 5.69. The predicted octanol–water partition coefficient (Wildman–Crippen LogP) is 2.70. The van der Waals surface area contributed by atoms with Crippen LogP contribution in [0.4, 0.5) is 0 Å². The van der Waals surface area contributed by atoms with Crippen molar-refractivity contribution in [2.75, 3.05) is 13.2 Å². The summed E-state index contributed by atoms with van der Waals surface area (Å²) in [6, 6.07) is 10.5. The highest BCUT2D eigenvalue weighted by atomic mass is 16.5. The zero-order valence-corrected chi connectivity index (χ0v) is 16.2. The zero-order chi connectivity index (χ0) is 20.9. The van der Waals surface area contributed by atoms with Crippen molar-refractivity contribution in [1.29, 1.82) is 0 Å². The number of carboxylic acid groups (broad SMARTS) is 1. The van der Waals surface area contributed by atoms with E-state index >= 15 is 0 Å². The van der Waals surface area contributed by atoms with E-state index in [0.29, 0.717) is 29.5 Å². The smallest absolute Gasteiger partial charge is 0.337 e. The monoisotopic (exact) mass is 407 g/mol. The van der Waals surface area contributed by atoms with Gasteiger partial charge in [0.25, 0.3) is 5.91 Å². The molecule has 3 aromatic rings. The fraction of sp³-hybridized carbons (Fsp3) is 0.286. The SMILES string of the molecule is O=C(O)c1cncc(-c2n[nH]c(C3CCCCN3C(=O)COc3ccccc3)n2)c1. The van der Waals surface area contributed by atoms with E-state index in [-0.39, 0.29) is 24.1 Å². The summed E-state index contributed by atoms with van der Waals surface area (Å²) in [4.78, 5) is 34.2. The van der Waals surface area contributed by atoms with Gasteiger partial charge >= 0.3 is 5.97 Å². The fourth-order valence-corrected chi connectivity index (χ4v) is 3.49. The van der Waals surface area contributed by atoms with Gasteiger partial charge in [-0.25, -0.2) is 9.78 Å². The van der Waals surface area contributed by atoms with E-state index in [1.807, 2.05) is 30.3 Å². The molecule has 1 aliphatic heterocycles. The molecule has 0 spiro atoms. The second kappa shape index (κ2) is 8.73. The number of carbonyl (C=O) groups is 2. The normalized spacial score (nSPS) is 16.3. The van der Waals surface area contributed by atoms with Gasteiger partial charge in [0.1, 0.15) is 11.6 Å². The molecule has 9 heteroatoms. The van der Waals surface area contributed by atoms with Crippen molar-refractivity contribution >= 4 is 11.9 Å². The molecule has 2 N–H and O–H groups in total. The lowest BCUT2D eigenvalue weighted by Gasteiger charge is -2.34. The van der Waals surface area contributed by atoms with Crippen LogP contribution in [0.2, 0.25) is 0 Å². The molecule has 0 aliphatic carbocycles. The summed E-state index contributed by atoms with van der Waals surface area (Å²) in [5.74, 6) is 0.378. The maximum Gasteiger partial charge on any atom is 0.337 e. The minimum absolute atomic E-state index is 0.0495. The Morgan fingerprint density at radius 2 is 2.03 bits per heavy atom. The summed E-state index contributed by atoms with van der Waals surface area (Å²) in [6.07, 6.45) is 5.43. The van der Waals surface area contributed by atoms with Crippen LogP contribution in [0.15, 0.2) is 48.8 Å². The van der Waals surface area contributed by atoms with Crippen LogP contribution in [0.5, 0.6) is 5.75 Å². The highest BCUT2D eigenvalue weighted by molar-refractivity contribution is 5.88. The molecule has 4 rings (SSSR count). The number of hydrogen-bond donors (Lipinski definition) is 2. The number of aromatic carboxylic acids is 1. The van der Waals surface area contributed by atoms with Gasteiger partial charge in [0, 0.05) is 24.5 Å². The number of rotatable bonds is 6. The Morgan fingerprint density at radius 3 is 2.83 bits per heavy atom. The van der Waals surface area contributed by atoms with Crippen molar-refractivity contribution in [1.82, 2.24) is 25.1 Å². The molecule has 9 nitrogen and oxygen atoms in total. The molecule has 154 valence electrons. The summed E-state index contributed by atoms with van der Waals surface area (Å²) in [5, 5.41) is 16.3. The third-order valence-electron chi connectivity index (χ3n) is 4.99. The van der Waals surface area contributed by atoms with Gasteiger partial charge in [-0.3, -0.25) is 14.9 Å². The zero-order valence-electron chi connectivity index (χ0n) is 16.2. The number of likely N-dealkylation sites (tertiary alicyclic amines) is 1. The molecule has 1 amide bonds. The van der Waals surface area contributed by atoms with E-state index in [1.165, 1.54) is 18.5 Å². The number of amides is 1. The summed E-state index contributed by atoms with van der Waals surface area (Å²) in [5.41, 5.74) is 0.560. The second-order valence-electron chi connectivity index (χ2n) is 7.01. The number of carbonyl (C=O) groups excluding carboxylic acids is 1. The topological polar surface area (TPSA) is 121 Å². The molecule has 1 fully saturated rings. The molecule has 1 aromatic carbocycles. The number of H-pyrrole nitrogens is 1. The summed E-state index contributed by atoms with van der Waals surface area (Å²) >= 11 is 0. The predicted molar refractivity (Wildman–Crippen MR) is 107 cm³/mol. The van der Waals surface area contributed by atoms with Gasteiger partial charge < -0.3 is 14.7 Å². The highest BCUT2D eigenvalue weighted by Crippen LogP contribution is 2.30. The number of aromatic nitrogens is 4. The molecule has 30 heavy (non-hydrogen) atoms. The molecular formula is C21H21N5O4. The van der Waals surface area contributed by atoms with Crippen molar-refractivity contribution < 1.29 is 19.4 Å². The molecule has 2 aromatic heterocycles. The van der Waals surface area contributed by atoms with Gasteiger partial charge in [-0.1, -0.05) is 18.2 Å². The van der Waals surface area contributed by atoms with Crippen LogP contribution in [-0.2, 0) is 4.79 Å². The van der Waals surface area contributed by atoms with E-state index in [4.69, 9.17) is 9.84 Å². The Balaban J connectivity index is 1.50. The number of nitrogens with one attached hydrogen (secondary N) is 1. The standard InChI is InChI=1S/C21H21N5O4/c27-18(13-30-16-6-2-1-3-7-16)26-9-5-4-8-17(26)20-23-19(24-25-20)14-10-15(21(28)29)12-22-11-14/h1-3,6-7,10-12,17H,4-5,8-9,13H2,(H,28,29)(H,23,24,25). The lowest BCUT2D eigenvalue weighted by Crippen LogP contribution is -2.41. The average molecular weight is 407 g/mol. The molecule has 1 saturated heterocycles. The fourth-order valence-electron chi connectivity index (χ4n) is 3.49. The molecule has 1 atom stereocenters. The van der Waals surface area contributed by atoms with Crippen molar-refractivity contribution in [3.8, 4) is 17.1 Å². The summed E-state index contributed by atoms with van der Waals surface area (Å²) in [7, 11) is 0. The van der Waals surface area contributed by atoms with Crippen molar-refractivity contribution in [2.45, 2.75) is 25.3 Å². The van der Waals surface area contributed by atoms with Crippen LogP contribution in [0, 0.1) is 0 Å². The first kappa shape index (κ1) is 19.6. The van der Waals surface area contributed by atoms with Crippen LogP contribution < -0.4 is 4.74 Å². The van der Waals surface area contributed by atoms with Gasteiger partial charge in [0.15, 0.2) is 12.4 Å². The van der Waals surface area contributed by atoms with Gasteiger partial charge in [0.2, 0.25) is 0 Å². The Morgan fingerprint density at radius 1 is 1.20 bits per heavy atom. The second-order valence-corrected chi connectivity index (χ2v) is 7.01. The number of pyridine rings is 1. The summed E-state index contributed by atoms with van der Waals surface area (Å²) in [6.45, 7) is 0.569. The Bertz CT molecular complexity index is 1040. The van der Waals surface area contributed by atoms with Crippen molar-refractivity contribution in [3.63, 3.8) is 0 Å². The number of ether oxygens (including phenoxy) is 1. The molecule has 3 heterocycles. The molecule has 0 radical (unpaired) electrons. The first-order chi connectivity index (χ1) is 14.6. The maximum absolute atomic E-state index is 12.8. The first-order valence-electron chi connectivity index (χ1n) is 9.70. The number of nitrogens with zero attached hydrogens (tertiary/aromatic N) is 4. The number of hydrogen-bond acceptors (Lipinski definition) is 6. The van der Waals surface area contributed by atoms with E-state index in [0.717, 1.165) is 19.3 Å². The van der Waals surface area contributed by atoms with Crippen LogP contribution in [0.3, 0.4) is 0 Å². The quantitative estimate of drug-likeness (QED) is 0.644. The van der Waals surface area contributed by atoms with E-state index in [2.05, 4.69) is 20.2 Å². The van der Waals surface area contributed by atoms with E-state index in [9.17, 15) is 9.59 Å². The lowest BCUT2D eigenvalue weighted by atomic mass is 10.0. The minimum atomic E-state index is -1.07. The van der Waals surface area contributed by atoms with Gasteiger partial charge in [0.05, 0.1) is 11.6 Å². The van der Waals surface area contributed by atoms with Crippen LogP contribution in [0.1, 0.15) is 41.5 Å². The number of para-hydroxylation sites is 1. The molecular weight excluding hydrogens is 386 g/mol. The Labute approximate surface area is 172 Å². The van der Waals surface area contributed by atoms with Crippen molar-refractivity contribution in [3.05, 3.63) is 60.2 Å². The molecule has 0 saturated carbocycles. The summed E-state index contributed by atoms with van der Waals surface area (Å²) < 4.78 is 5.61. The number of carboxylic acids is 1. The number of aromatic amines is 1. The van der Waals surface area contributed by atoms with Gasteiger partial charge in [-0.05, 0) is 37.5 Å².